The monoisotopic (exact) mass is 392 g/mol. The quantitative estimate of drug-likeness (QED) is 0.643. The van der Waals surface area contributed by atoms with Crippen LogP contribution < -0.4 is 5.32 Å². The number of aromatic nitrogens is 3. The molecule has 0 spiro atoms. The van der Waals surface area contributed by atoms with Crippen molar-refractivity contribution in [1.29, 1.82) is 0 Å². The largest absolute Gasteiger partial charge is 0.325 e. The van der Waals surface area contributed by atoms with Crippen LogP contribution in [0.3, 0.4) is 0 Å². The molecule has 1 heterocycles. The number of para-hydroxylation sites is 1. The Bertz CT molecular complexity index is 879. The van der Waals surface area contributed by atoms with Crippen molar-refractivity contribution in [2.75, 3.05) is 11.1 Å². The van der Waals surface area contributed by atoms with Crippen molar-refractivity contribution in [3.8, 4) is 5.69 Å². The second kappa shape index (κ2) is 7.91. The summed E-state index contributed by atoms with van der Waals surface area (Å²) in [4.78, 5) is 12.2. The molecule has 2 aromatic carbocycles. The van der Waals surface area contributed by atoms with Gasteiger partial charge in [0.25, 0.3) is 0 Å². The molecule has 0 atom stereocenters. The van der Waals surface area contributed by atoms with Gasteiger partial charge in [0.15, 0.2) is 5.16 Å². The predicted molar refractivity (Wildman–Crippen MR) is 102 cm³/mol. The molecule has 1 amide bonds. The molecule has 0 aliphatic carbocycles. The van der Waals surface area contributed by atoms with Crippen molar-refractivity contribution in [1.82, 2.24) is 14.8 Å². The summed E-state index contributed by atoms with van der Waals surface area (Å²) in [6.45, 7) is 1.87. The first kappa shape index (κ1) is 17.8. The molecule has 128 valence electrons. The zero-order valence-corrected chi connectivity index (χ0v) is 15.6. The Morgan fingerprint density at radius 1 is 1.12 bits per heavy atom. The highest BCUT2D eigenvalue weighted by molar-refractivity contribution is 7.99. The summed E-state index contributed by atoms with van der Waals surface area (Å²) in [5.74, 6) is 0.772. The van der Waals surface area contributed by atoms with Crippen molar-refractivity contribution in [2.24, 2.45) is 0 Å². The summed E-state index contributed by atoms with van der Waals surface area (Å²) in [6, 6.07) is 14.7. The maximum absolute atomic E-state index is 12.2. The maximum Gasteiger partial charge on any atom is 0.234 e. The van der Waals surface area contributed by atoms with E-state index in [1.807, 2.05) is 41.8 Å². The fourth-order valence-corrected chi connectivity index (χ4v) is 3.59. The second-order valence-electron chi connectivity index (χ2n) is 5.20. The highest BCUT2D eigenvalue weighted by atomic mass is 35.5. The van der Waals surface area contributed by atoms with Gasteiger partial charge in [0.2, 0.25) is 5.91 Å². The standard InChI is InChI=1S/C17H14Cl2N4OS/c1-11-21-22-17(23(11)15-5-3-2-4-6-15)25-10-16(24)20-14-8-12(18)7-13(19)9-14/h2-9H,10H2,1H3,(H,20,24). The molecule has 0 aliphatic heterocycles. The number of carbonyl (C=O) groups is 1. The number of hydrogen-bond donors (Lipinski definition) is 1. The van der Waals surface area contributed by atoms with E-state index in [1.165, 1.54) is 11.8 Å². The molecule has 3 rings (SSSR count). The fourth-order valence-electron chi connectivity index (χ4n) is 2.26. The fraction of sp³-hybridized carbons (Fsp3) is 0.118. The minimum atomic E-state index is -0.177. The molecule has 0 unspecified atom stereocenters. The number of nitrogens with one attached hydrogen (secondary N) is 1. The van der Waals surface area contributed by atoms with E-state index in [0.717, 1.165) is 11.5 Å². The molecule has 8 heteroatoms. The van der Waals surface area contributed by atoms with Crippen molar-refractivity contribution >= 4 is 46.6 Å². The SMILES string of the molecule is Cc1nnc(SCC(=O)Nc2cc(Cl)cc(Cl)c2)n1-c1ccccc1. The molecular formula is C17H14Cl2N4OS. The summed E-state index contributed by atoms with van der Waals surface area (Å²) in [5, 5.41) is 12.6. The number of benzene rings is 2. The van der Waals surface area contributed by atoms with E-state index >= 15 is 0 Å². The molecular weight excluding hydrogens is 379 g/mol. The van der Waals surface area contributed by atoms with Crippen molar-refractivity contribution in [2.45, 2.75) is 12.1 Å². The van der Waals surface area contributed by atoms with Crippen molar-refractivity contribution < 1.29 is 4.79 Å². The minimum Gasteiger partial charge on any atom is -0.325 e. The van der Waals surface area contributed by atoms with Crippen molar-refractivity contribution in [3.05, 3.63) is 64.4 Å². The van der Waals surface area contributed by atoms with E-state index in [0.29, 0.717) is 20.9 Å². The van der Waals surface area contributed by atoms with Gasteiger partial charge in [-0.2, -0.15) is 0 Å². The Morgan fingerprint density at radius 3 is 2.48 bits per heavy atom. The molecule has 0 aliphatic rings. The van der Waals surface area contributed by atoms with E-state index in [1.54, 1.807) is 18.2 Å². The topological polar surface area (TPSA) is 59.8 Å². The smallest absolute Gasteiger partial charge is 0.234 e. The number of rotatable bonds is 5. The van der Waals surface area contributed by atoms with Gasteiger partial charge in [-0.3, -0.25) is 9.36 Å². The van der Waals surface area contributed by atoms with Crippen LogP contribution >= 0.6 is 35.0 Å². The molecule has 1 N–H and O–H groups in total. The molecule has 0 saturated carbocycles. The molecule has 25 heavy (non-hydrogen) atoms. The van der Waals surface area contributed by atoms with E-state index < -0.39 is 0 Å². The van der Waals surface area contributed by atoms with Crippen LogP contribution in [-0.4, -0.2) is 26.4 Å². The summed E-state index contributed by atoms with van der Waals surface area (Å²) in [5.41, 5.74) is 1.51. The molecule has 3 aromatic rings. The average Bonchev–Trinajstić information content (AvgIpc) is 2.93. The molecule has 0 saturated heterocycles. The van der Waals surface area contributed by atoms with Crippen LogP contribution in [0.15, 0.2) is 53.7 Å². The van der Waals surface area contributed by atoms with Crippen LogP contribution in [-0.2, 0) is 4.79 Å². The average molecular weight is 393 g/mol. The summed E-state index contributed by atoms with van der Waals surface area (Å²) in [6.07, 6.45) is 0. The van der Waals surface area contributed by atoms with Gasteiger partial charge in [0, 0.05) is 21.4 Å². The molecule has 0 bridgehead atoms. The highest BCUT2D eigenvalue weighted by Crippen LogP contribution is 2.24. The van der Waals surface area contributed by atoms with E-state index in [-0.39, 0.29) is 11.7 Å². The van der Waals surface area contributed by atoms with Crippen LogP contribution in [0, 0.1) is 6.92 Å². The van der Waals surface area contributed by atoms with Crippen LogP contribution in [0.4, 0.5) is 5.69 Å². The van der Waals surface area contributed by atoms with E-state index in [4.69, 9.17) is 23.2 Å². The predicted octanol–water partition coefficient (Wildman–Crippen LogP) is 4.61. The Morgan fingerprint density at radius 2 is 1.80 bits per heavy atom. The van der Waals surface area contributed by atoms with Gasteiger partial charge in [0.05, 0.1) is 5.75 Å². The van der Waals surface area contributed by atoms with Gasteiger partial charge in [-0.25, -0.2) is 0 Å². The van der Waals surface area contributed by atoms with Crippen molar-refractivity contribution in [3.63, 3.8) is 0 Å². The third-order valence-corrected chi connectivity index (χ3v) is 4.65. The van der Waals surface area contributed by atoms with Crippen LogP contribution in [0.5, 0.6) is 0 Å². The number of anilines is 1. The lowest BCUT2D eigenvalue weighted by atomic mass is 10.3. The third-order valence-electron chi connectivity index (χ3n) is 3.29. The Kier molecular flexibility index (Phi) is 5.63. The van der Waals surface area contributed by atoms with E-state index in [2.05, 4.69) is 15.5 Å². The van der Waals surface area contributed by atoms with Gasteiger partial charge in [0.1, 0.15) is 5.82 Å². The molecule has 5 nitrogen and oxygen atoms in total. The lowest BCUT2D eigenvalue weighted by Crippen LogP contribution is -2.14. The summed E-state index contributed by atoms with van der Waals surface area (Å²) >= 11 is 13.2. The van der Waals surface area contributed by atoms with Gasteiger partial charge >= 0.3 is 0 Å². The lowest BCUT2D eigenvalue weighted by Gasteiger charge is -2.09. The van der Waals surface area contributed by atoms with Gasteiger partial charge in [-0.05, 0) is 37.3 Å². The number of aryl methyl sites for hydroxylation is 1. The molecule has 1 aromatic heterocycles. The summed E-state index contributed by atoms with van der Waals surface area (Å²) in [7, 11) is 0. The summed E-state index contributed by atoms with van der Waals surface area (Å²) < 4.78 is 1.91. The number of thioether (sulfide) groups is 1. The lowest BCUT2D eigenvalue weighted by molar-refractivity contribution is -0.113. The zero-order chi connectivity index (χ0) is 17.8. The molecule has 0 fully saturated rings. The number of halogens is 2. The number of amides is 1. The van der Waals surface area contributed by atoms with Gasteiger partial charge in [-0.1, -0.05) is 53.2 Å². The van der Waals surface area contributed by atoms with Gasteiger partial charge in [-0.15, -0.1) is 10.2 Å². The third kappa shape index (κ3) is 4.54. The Balaban J connectivity index is 1.69. The Labute approximate surface area is 159 Å². The zero-order valence-electron chi connectivity index (χ0n) is 13.2. The van der Waals surface area contributed by atoms with Crippen LogP contribution in [0.1, 0.15) is 5.82 Å². The van der Waals surface area contributed by atoms with Crippen LogP contribution in [0.2, 0.25) is 10.0 Å². The van der Waals surface area contributed by atoms with Gasteiger partial charge < -0.3 is 5.32 Å². The second-order valence-corrected chi connectivity index (χ2v) is 7.01. The number of hydrogen-bond acceptors (Lipinski definition) is 4. The number of carbonyl (C=O) groups excluding carboxylic acids is 1. The molecule has 0 radical (unpaired) electrons. The minimum absolute atomic E-state index is 0.177. The maximum atomic E-state index is 12.2. The first-order valence-corrected chi connectivity index (χ1v) is 9.13. The highest BCUT2D eigenvalue weighted by Gasteiger charge is 2.13. The van der Waals surface area contributed by atoms with E-state index in [9.17, 15) is 4.79 Å². The first-order chi connectivity index (χ1) is 12.0. The number of nitrogens with zero attached hydrogens (tertiary/aromatic N) is 3. The normalized spacial score (nSPS) is 10.7. The Hall–Kier alpha value is -2.02. The van der Waals surface area contributed by atoms with Crippen LogP contribution in [0.25, 0.3) is 5.69 Å². The first-order valence-electron chi connectivity index (χ1n) is 7.39.